The lowest BCUT2D eigenvalue weighted by atomic mass is 10.1. The van der Waals surface area contributed by atoms with Crippen molar-refractivity contribution < 1.29 is 14.1 Å². The fourth-order valence-electron chi connectivity index (χ4n) is 2.36. The van der Waals surface area contributed by atoms with Crippen LogP contribution >= 0.6 is 0 Å². The van der Waals surface area contributed by atoms with Crippen molar-refractivity contribution in [3.05, 3.63) is 72.0 Å². The number of carbonyl (C=O) groups is 1. The van der Waals surface area contributed by atoms with Crippen molar-refractivity contribution in [1.82, 2.24) is 5.16 Å². The second-order valence-corrected chi connectivity index (χ2v) is 5.32. The maximum absolute atomic E-state index is 12.0. The molecule has 0 saturated heterocycles. The minimum absolute atomic E-state index is 0.306. The summed E-state index contributed by atoms with van der Waals surface area (Å²) in [6, 6.07) is 19.4. The molecule has 1 N–H and O–H groups in total. The van der Waals surface area contributed by atoms with Crippen LogP contribution in [0.5, 0.6) is 0 Å². The van der Waals surface area contributed by atoms with E-state index in [0.717, 1.165) is 11.1 Å². The molecule has 0 spiro atoms. The third-order valence-electron chi connectivity index (χ3n) is 3.60. The van der Waals surface area contributed by atoms with Crippen LogP contribution in [0.1, 0.15) is 11.3 Å². The van der Waals surface area contributed by atoms with Crippen molar-refractivity contribution in [1.29, 1.82) is 0 Å². The smallest absolute Gasteiger partial charge is 0.411 e. The molecular formula is C19H18N2O3. The minimum atomic E-state index is -0.519. The van der Waals surface area contributed by atoms with Crippen LogP contribution in [-0.2, 0) is 11.2 Å². The molecule has 0 aliphatic rings. The summed E-state index contributed by atoms with van der Waals surface area (Å²) in [6.45, 7) is 2.06. The topological polar surface area (TPSA) is 64.4 Å². The van der Waals surface area contributed by atoms with E-state index in [1.807, 2.05) is 60.7 Å². The van der Waals surface area contributed by atoms with Crippen molar-refractivity contribution in [2.24, 2.45) is 0 Å². The molecule has 0 saturated carbocycles. The first-order chi connectivity index (χ1) is 11.7. The number of hydrogen-bond donors (Lipinski definition) is 1. The summed E-state index contributed by atoms with van der Waals surface area (Å²) in [5.74, 6) is 0.536. The lowest BCUT2D eigenvalue weighted by Gasteiger charge is -2.07. The van der Waals surface area contributed by atoms with E-state index in [2.05, 4.69) is 10.5 Å². The van der Waals surface area contributed by atoms with E-state index in [1.165, 1.54) is 0 Å². The first-order valence-corrected chi connectivity index (χ1v) is 7.73. The average molecular weight is 322 g/mol. The molecule has 0 aliphatic heterocycles. The Morgan fingerprint density at radius 2 is 1.75 bits per heavy atom. The van der Waals surface area contributed by atoms with Gasteiger partial charge < -0.3 is 9.26 Å². The standard InChI is InChI=1S/C19H18N2O3/c1-14-17(18(21-24-14)16-10-6-3-7-11-16)20-19(22)23-13-12-15-8-4-2-5-9-15/h2-11H,12-13H2,1H3,(H,20,22). The Labute approximate surface area is 140 Å². The van der Waals surface area contributed by atoms with Crippen molar-refractivity contribution >= 4 is 11.8 Å². The summed E-state index contributed by atoms with van der Waals surface area (Å²) in [6.07, 6.45) is 0.150. The number of ether oxygens (including phenoxy) is 1. The molecule has 0 unspecified atom stereocenters. The number of nitrogens with zero attached hydrogens (tertiary/aromatic N) is 1. The zero-order valence-electron chi connectivity index (χ0n) is 13.4. The fourth-order valence-corrected chi connectivity index (χ4v) is 2.36. The molecule has 1 amide bonds. The van der Waals surface area contributed by atoms with E-state index in [4.69, 9.17) is 9.26 Å². The molecule has 1 heterocycles. The zero-order valence-corrected chi connectivity index (χ0v) is 13.4. The molecule has 3 rings (SSSR count). The van der Waals surface area contributed by atoms with E-state index < -0.39 is 6.09 Å². The molecule has 5 heteroatoms. The molecule has 5 nitrogen and oxygen atoms in total. The van der Waals surface area contributed by atoms with Crippen molar-refractivity contribution in [3.8, 4) is 11.3 Å². The normalized spacial score (nSPS) is 10.4. The van der Waals surface area contributed by atoms with Gasteiger partial charge in [-0.3, -0.25) is 5.32 Å². The van der Waals surface area contributed by atoms with Gasteiger partial charge in [-0.1, -0.05) is 65.8 Å². The summed E-state index contributed by atoms with van der Waals surface area (Å²) < 4.78 is 10.5. The molecule has 24 heavy (non-hydrogen) atoms. The minimum Gasteiger partial charge on any atom is -0.449 e. The van der Waals surface area contributed by atoms with Gasteiger partial charge in [-0.15, -0.1) is 0 Å². The highest BCUT2D eigenvalue weighted by Gasteiger charge is 2.17. The Kier molecular flexibility index (Phi) is 4.91. The number of aromatic nitrogens is 1. The Morgan fingerprint density at radius 1 is 1.08 bits per heavy atom. The van der Waals surface area contributed by atoms with Gasteiger partial charge in [0.15, 0.2) is 5.76 Å². The van der Waals surface area contributed by atoms with Gasteiger partial charge in [0, 0.05) is 12.0 Å². The predicted molar refractivity (Wildman–Crippen MR) is 91.8 cm³/mol. The lowest BCUT2D eigenvalue weighted by molar-refractivity contribution is 0.163. The van der Waals surface area contributed by atoms with Gasteiger partial charge in [0.2, 0.25) is 0 Å². The third-order valence-corrected chi connectivity index (χ3v) is 3.60. The SMILES string of the molecule is Cc1onc(-c2ccccc2)c1NC(=O)OCCc1ccccc1. The molecule has 0 fully saturated rings. The molecule has 0 radical (unpaired) electrons. The third kappa shape index (κ3) is 3.81. The Hall–Kier alpha value is -3.08. The highest BCUT2D eigenvalue weighted by molar-refractivity contribution is 5.90. The second kappa shape index (κ2) is 7.46. The highest BCUT2D eigenvalue weighted by Crippen LogP contribution is 2.29. The molecule has 2 aromatic carbocycles. The van der Waals surface area contributed by atoms with Gasteiger partial charge in [0.1, 0.15) is 11.4 Å². The molecule has 1 aromatic heterocycles. The van der Waals surface area contributed by atoms with Crippen molar-refractivity contribution in [2.75, 3.05) is 11.9 Å². The summed E-state index contributed by atoms with van der Waals surface area (Å²) in [4.78, 5) is 12.0. The van der Waals surface area contributed by atoms with Crippen LogP contribution in [0.15, 0.2) is 65.2 Å². The van der Waals surface area contributed by atoms with Crippen molar-refractivity contribution in [3.63, 3.8) is 0 Å². The summed E-state index contributed by atoms with van der Waals surface area (Å²) >= 11 is 0. The van der Waals surface area contributed by atoms with Gasteiger partial charge in [-0.25, -0.2) is 4.79 Å². The molecule has 0 aliphatic carbocycles. The second-order valence-electron chi connectivity index (χ2n) is 5.32. The number of carbonyl (C=O) groups excluding carboxylic acids is 1. The van der Waals surface area contributed by atoms with E-state index >= 15 is 0 Å². The number of amides is 1. The Morgan fingerprint density at radius 3 is 2.46 bits per heavy atom. The first kappa shape index (κ1) is 15.8. The number of benzene rings is 2. The van der Waals surface area contributed by atoms with Crippen LogP contribution in [-0.4, -0.2) is 17.9 Å². The monoisotopic (exact) mass is 322 g/mol. The molecule has 0 atom stereocenters. The number of nitrogens with one attached hydrogen (secondary N) is 1. The largest absolute Gasteiger partial charge is 0.449 e. The number of aryl methyl sites for hydroxylation is 1. The van der Waals surface area contributed by atoms with Crippen LogP contribution in [0.25, 0.3) is 11.3 Å². The maximum atomic E-state index is 12.0. The molecule has 0 bridgehead atoms. The number of hydrogen-bond acceptors (Lipinski definition) is 4. The van der Waals surface area contributed by atoms with Crippen LogP contribution < -0.4 is 5.32 Å². The molecule has 122 valence electrons. The van der Waals surface area contributed by atoms with Gasteiger partial charge in [0.25, 0.3) is 0 Å². The summed E-state index contributed by atoms with van der Waals surface area (Å²) in [5, 5.41) is 6.75. The van der Waals surface area contributed by atoms with E-state index in [1.54, 1.807) is 6.92 Å². The van der Waals surface area contributed by atoms with Gasteiger partial charge in [-0.05, 0) is 12.5 Å². The van der Waals surface area contributed by atoms with Gasteiger partial charge >= 0.3 is 6.09 Å². The van der Waals surface area contributed by atoms with Crippen LogP contribution in [0, 0.1) is 6.92 Å². The first-order valence-electron chi connectivity index (χ1n) is 7.73. The maximum Gasteiger partial charge on any atom is 0.411 e. The zero-order chi connectivity index (χ0) is 16.8. The summed E-state index contributed by atoms with van der Waals surface area (Å²) in [5.41, 5.74) is 3.12. The fraction of sp³-hybridized carbons (Fsp3) is 0.158. The number of anilines is 1. The van der Waals surface area contributed by atoms with Gasteiger partial charge in [-0.2, -0.15) is 0 Å². The van der Waals surface area contributed by atoms with Crippen LogP contribution in [0.2, 0.25) is 0 Å². The average Bonchev–Trinajstić information content (AvgIpc) is 2.97. The van der Waals surface area contributed by atoms with E-state index in [-0.39, 0.29) is 0 Å². The predicted octanol–water partition coefficient (Wildman–Crippen LogP) is 4.44. The highest BCUT2D eigenvalue weighted by atomic mass is 16.5. The van der Waals surface area contributed by atoms with Crippen molar-refractivity contribution in [2.45, 2.75) is 13.3 Å². The lowest BCUT2D eigenvalue weighted by Crippen LogP contribution is -2.16. The number of rotatable bonds is 5. The Balaban J connectivity index is 1.62. The Bertz CT molecular complexity index is 798. The van der Waals surface area contributed by atoms with Gasteiger partial charge in [0.05, 0.1) is 6.61 Å². The molecule has 3 aromatic rings. The van der Waals surface area contributed by atoms with E-state index in [9.17, 15) is 4.79 Å². The van der Waals surface area contributed by atoms with Crippen LogP contribution in [0.4, 0.5) is 10.5 Å². The van der Waals surface area contributed by atoms with E-state index in [0.29, 0.717) is 30.2 Å². The molecular weight excluding hydrogens is 304 g/mol. The quantitative estimate of drug-likeness (QED) is 0.754. The summed E-state index contributed by atoms with van der Waals surface area (Å²) in [7, 11) is 0. The van der Waals surface area contributed by atoms with Crippen LogP contribution in [0.3, 0.4) is 0 Å².